The topological polar surface area (TPSA) is 51.8 Å². The smallest absolute Gasteiger partial charge is 0.125 e. The van der Waals surface area contributed by atoms with Crippen LogP contribution in [0.25, 0.3) is 11.3 Å². The van der Waals surface area contributed by atoms with Crippen molar-refractivity contribution >= 4 is 12.4 Å². The zero-order chi connectivity index (χ0) is 11.4. The molecule has 3 nitrogen and oxygen atoms in total. The summed E-state index contributed by atoms with van der Waals surface area (Å²) in [5, 5.41) is 0. The van der Waals surface area contributed by atoms with E-state index in [4.69, 9.17) is 5.73 Å². The van der Waals surface area contributed by atoms with Gasteiger partial charge in [-0.15, -0.1) is 12.4 Å². The summed E-state index contributed by atoms with van der Waals surface area (Å²) in [6.07, 6.45) is 2.70. The molecule has 0 aliphatic rings. The van der Waals surface area contributed by atoms with Crippen LogP contribution in [-0.4, -0.2) is 16.5 Å². The normalized spacial score (nSPS) is 9.76. The van der Waals surface area contributed by atoms with Crippen LogP contribution in [0.3, 0.4) is 0 Å². The van der Waals surface area contributed by atoms with E-state index in [1.54, 1.807) is 6.20 Å². The zero-order valence-electron chi connectivity index (χ0n) is 9.76. The Morgan fingerprint density at radius 2 is 1.82 bits per heavy atom. The number of nitrogens with zero attached hydrogens (tertiary/aromatic N) is 2. The van der Waals surface area contributed by atoms with Gasteiger partial charge in [-0.25, -0.2) is 9.97 Å². The summed E-state index contributed by atoms with van der Waals surface area (Å²) in [6, 6.07) is 10.3. The van der Waals surface area contributed by atoms with Crippen LogP contribution < -0.4 is 5.73 Å². The monoisotopic (exact) mass is 249 g/mol. The van der Waals surface area contributed by atoms with Crippen molar-refractivity contribution in [1.82, 2.24) is 9.97 Å². The van der Waals surface area contributed by atoms with Crippen molar-refractivity contribution in [2.75, 3.05) is 6.54 Å². The lowest BCUT2D eigenvalue weighted by Crippen LogP contribution is -2.02. The van der Waals surface area contributed by atoms with Crippen molar-refractivity contribution < 1.29 is 0 Å². The fourth-order valence-corrected chi connectivity index (χ4v) is 1.63. The van der Waals surface area contributed by atoms with Crippen LogP contribution >= 0.6 is 12.4 Å². The maximum absolute atomic E-state index is 5.51. The largest absolute Gasteiger partial charge is 0.330 e. The first-order valence-corrected chi connectivity index (χ1v) is 5.38. The van der Waals surface area contributed by atoms with E-state index in [2.05, 4.69) is 34.2 Å². The van der Waals surface area contributed by atoms with Gasteiger partial charge >= 0.3 is 0 Å². The standard InChI is InChI=1S/C13H15N3.ClH/c1-10-15-9-7-13(16-10)12-4-2-11(3-5-12)6-8-14;/h2-5,7,9H,6,8,14H2,1H3;1H. The Balaban J connectivity index is 0.00000144. The Hall–Kier alpha value is -1.45. The molecule has 2 rings (SSSR count). The summed E-state index contributed by atoms with van der Waals surface area (Å²) < 4.78 is 0. The predicted octanol–water partition coefficient (Wildman–Crippen LogP) is 2.38. The molecular weight excluding hydrogens is 234 g/mol. The molecule has 0 radical (unpaired) electrons. The van der Waals surface area contributed by atoms with Gasteiger partial charge in [-0.05, 0) is 31.5 Å². The molecule has 0 fully saturated rings. The Labute approximate surface area is 108 Å². The molecule has 4 heteroatoms. The molecular formula is C13H16ClN3. The van der Waals surface area contributed by atoms with Crippen LogP contribution in [-0.2, 0) is 6.42 Å². The molecule has 0 saturated heterocycles. The summed E-state index contributed by atoms with van der Waals surface area (Å²) >= 11 is 0. The number of rotatable bonds is 3. The molecule has 0 amide bonds. The number of aromatic nitrogens is 2. The van der Waals surface area contributed by atoms with Crippen LogP contribution in [0.2, 0.25) is 0 Å². The molecule has 17 heavy (non-hydrogen) atoms. The Kier molecular flexibility index (Phi) is 5.07. The average Bonchev–Trinajstić information content (AvgIpc) is 2.30. The number of nitrogens with two attached hydrogens (primary N) is 1. The van der Waals surface area contributed by atoms with Crippen molar-refractivity contribution in [3.63, 3.8) is 0 Å². The minimum absolute atomic E-state index is 0. The summed E-state index contributed by atoms with van der Waals surface area (Å²) in [5.41, 5.74) is 8.85. The maximum atomic E-state index is 5.51. The third kappa shape index (κ3) is 3.51. The van der Waals surface area contributed by atoms with E-state index in [0.717, 1.165) is 23.5 Å². The molecule has 1 aromatic carbocycles. The third-order valence-corrected chi connectivity index (χ3v) is 2.46. The molecule has 2 N–H and O–H groups in total. The predicted molar refractivity (Wildman–Crippen MR) is 72.2 cm³/mol. The van der Waals surface area contributed by atoms with Gasteiger partial charge in [0, 0.05) is 11.8 Å². The Morgan fingerprint density at radius 3 is 2.41 bits per heavy atom. The number of benzene rings is 1. The fourth-order valence-electron chi connectivity index (χ4n) is 1.63. The summed E-state index contributed by atoms with van der Waals surface area (Å²) in [6.45, 7) is 2.58. The number of hydrogen-bond donors (Lipinski definition) is 1. The van der Waals surface area contributed by atoms with Crippen LogP contribution in [0.5, 0.6) is 0 Å². The molecule has 1 heterocycles. The van der Waals surface area contributed by atoms with Gasteiger partial charge in [-0.2, -0.15) is 0 Å². The van der Waals surface area contributed by atoms with E-state index in [0.29, 0.717) is 6.54 Å². The van der Waals surface area contributed by atoms with Crippen LogP contribution in [0.4, 0.5) is 0 Å². The minimum Gasteiger partial charge on any atom is -0.330 e. The van der Waals surface area contributed by atoms with Gasteiger partial charge in [0.2, 0.25) is 0 Å². The lowest BCUT2D eigenvalue weighted by molar-refractivity contribution is 0.969. The van der Waals surface area contributed by atoms with E-state index in [1.165, 1.54) is 5.56 Å². The summed E-state index contributed by atoms with van der Waals surface area (Å²) in [4.78, 5) is 8.47. The molecule has 1 aromatic heterocycles. The number of halogens is 1. The van der Waals surface area contributed by atoms with Gasteiger partial charge in [-0.1, -0.05) is 24.3 Å². The van der Waals surface area contributed by atoms with Gasteiger partial charge in [-0.3, -0.25) is 0 Å². The second-order valence-electron chi connectivity index (χ2n) is 3.72. The van der Waals surface area contributed by atoms with Gasteiger partial charge < -0.3 is 5.73 Å². The van der Waals surface area contributed by atoms with E-state index in [-0.39, 0.29) is 12.4 Å². The van der Waals surface area contributed by atoms with E-state index in [1.807, 2.05) is 13.0 Å². The Bertz CT molecular complexity index is 468. The van der Waals surface area contributed by atoms with E-state index in [9.17, 15) is 0 Å². The molecule has 0 aliphatic carbocycles. The minimum atomic E-state index is 0. The highest BCUT2D eigenvalue weighted by molar-refractivity contribution is 5.85. The summed E-state index contributed by atoms with van der Waals surface area (Å²) in [5.74, 6) is 0.795. The van der Waals surface area contributed by atoms with Gasteiger partial charge in [0.1, 0.15) is 5.82 Å². The molecule has 0 spiro atoms. The van der Waals surface area contributed by atoms with Gasteiger partial charge in [0.15, 0.2) is 0 Å². The fraction of sp³-hybridized carbons (Fsp3) is 0.231. The van der Waals surface area contributed by atoms with Crippen molar-refractivity contribution in [2.24, 2.45) is 5.73 Å². The second-order valence-corrected chi connectivity index (χ2v) is 3.72. The molecule has 0 bridgehead atoms. The Morgan fingerprint density at radius 1 is 1.12 bits per heavy atom. The number of aryl methyl sites for hydroxylation is 1. The highest BCUT2D eigenvalue weighted by atomic mass is 35.5. The van der Waals surface area contributed by atoms with Crippen molar-refractivity contribution in [1.29, 1.82) is 0 Å². The van der Waals surface area contributed by atoms with E-state index >= 15 is 0 Å². The van der Waals surface area contributed by atoms with Gasteiger partial charge in [0.25, 0.3) is 0 Å². The molecule has 0 unspecified atom stereocenters. The van der Waals surface area contributed by atoms with E-state index < -0.39 is 0 Å². The third-order valence-electron chi connectivity index (χ3n) is 2.46. The zero-order valence-corrected chi connectivity index (χ0v) is 10.6. The van der Waals surface area contributed by atoms with Crippen molar-refractivity contribution in [2.45, 2.75) is 13.3 Å². The molecule has 0 atom stereocenters. The van der Waals surface area contributed by atoms with Crippen LogP contribution in [0.1, 0.15) is 11.4 Å². The van der Waals surface area contributed by atoms with Crippen LogP contribution in [0.15, 0.2) is 36.5 Å². The SMILES string of the molecule is Cc1nccc(-c2ccc(CCN)cc2)n1.Cl. The lowest BCUT2D eigenvalue weighted by atomic mass is 10.1. The second kappa shape index (κ2) is 6.33. The average molecular weight is 250 g/mol. The van der Waals surface area contributed by atoms with Crippen LogP contribution in [0, 0.1) is 6.92 Å². The number of hydrogen-bond acceptors (Lipinski definition) is 3. The first-order valence-electron chi connectivity index (χ1n) is 5.38. The molecule has 0 saturated carbocycles. The first-order chi connectivity index (χ1) is 7.79. The van der Waals surface area contributed by atoms with Crippen molar-refractivity contribution in [3.05, 3.63) is 47.9 Å². The summed E-state index contributed by atoms with van der Waals surface area (Å²) in [7, 11) is 0. The molecule has 90 valence electrons. The quantitative estimate of drug-likeness (QED) is 0.909. The first kappa shape index (κ1) is 13.6. The lowest BCUT2D eigenvalue weighted by Gasteiger charge is -2.03. The highest BCUT2D eigenvalue weighted by Crippen LogP contribution is 2.17. The molecule has 0 aliphatic heterocycles. The van der Waals surface area contributed by atoms with Gasteiger partial charge in [0.05, 0.1) is 5.69 Å². The van der Waals surface area contributed by atoms with Crippen molar-refractivity contribution in [3.8, 4) is 11.3 Å². The molecule has 2 aromatic rings. The maximum Gasteiger partial charge on any atom is 0.125 e. The highest BCUT2D eigenvalue weighted by Gasteiger charge is 1.99.